The molecule has 0 fully saturated rings. The minimum Gasteiger partial charge on any atom is -0.496 e. The summed E-state index contributed by atoms with van der Waals surface area (Å²) >= 11 is 0. The van der Waals surface area contributed by atoms with Crippen LogP contribution in [0, 0.1) is 12.8 Å². The van der Waals surface area contributed by atoms with Crippen LogP contribution < -0.4 is 4.74 Å². The van der Waals surface area contributed by atoms with Gasteiger partial charge in [-0.05, 0) is 36.5 Å². The van der Waals surface area contributed by atoms with Crippen LogP contribution in [0.5, 0.6) is 5.75 Å². The summed E-state index contributed by atoms with van der Waals surface area (Å²) in [5.74, 6) is 1.85. The van der Waals surface area contributed by atoms with E-state index in [0.29, 0.717) is 0 Å². The van der Waals surface area contributed by atoms with E-state index in [1.807, 2.05) is 0 Å². The van der Waals surface area contributed by atoms with Gasteiger partial charge >= 0.3 is 0 Å². The first-order valence-electron chi connectivity index (χ1n) is 7.34. The molecule has 18 heavy (non-hydrogen) atoms. The summed E-state index contributed by atoms with van der Waals surface area (Å²) in [5.41, 5.74) is 2.71. The highest BCUT2D eigenvalue weighted by Gasteiger charge is 2.09. The molecule has 0 aliphatic rings. The first-order chi connectivity index (χ1) is 8.71. The topological polar surface area (TPSA) is 9.23 Å². The average molecular weight is 248 g/mol. The van der Waals surface area contributed by atoms with E-state index in [0.717, 1.165) is 11.7 Å². The number of benzene rings is 1. The van der Waals surface area contributed by atoms with Gasteiger partial charge in [0.05, 0.1) is 7.11 Å². The lowest BCUT2D eigenvalue weighted by Gasteiger charge is -2.16. The summed E-state index contributed by atoms with van der Waals surface area (Å²) < 4.78 is 5.32. The molecular weight excluding hydrogens is 220 g/mol. The van der Waals surface area contributed by atoms with E-state index in [1.165, 1.54) is 49.7 Å². The van der Waals surface area contributed by atoms with Gasteiger partial charge in [0.1, 0.15) is 5.75 Å². The highest BCUT2D eigenvalue weighted by Crippen LogP contribution is 2.24. The van der Waals surface area contributed by atoms with Gasteiger partial charge in [0.2, 0.25) is 0 Å². The molecule has 1 nitrogen and oxygen atoms in total. The van der Waals surface area contributed by atoms with Crippen molar-refractivity contribution in [3.05, 3.63) is 29.3 Å². The predicted molar refractivity (Wildman–Crippen MR) is 79.4 cm³/mol. The van der Waals surface area contributed by atoms with Crippen LogP contribution in [0.4, 0.5) is 0 Å². The Morgan fingerprint density at radius 3 is 2.44 bits per heavy atom. The maximum Gasteiger partial charge on any atom is 0.121 e. The molecule has 0 N–H and O–H groups in total. The molecule has 1 rings (SSSR count). The Morgan fingerprint density at radius 1 is 1.11 bits per heavy atom. The molecule has 1 atom stereocenters. The molecule has 1 heteroatoms. The van der Waals surface area contributed by atoms with Gasteiger partial charge in [-0.15, -0.1) is 0 Å². The van der Waals surface area contributed by atoms with Crippen molar-refractivity contribution in [3.8, 4) is 5.75 Å². The third-order valence-electron chi connectivity index (χ3n) is 3.65. The second kappa shape index (κ2) is 8.18. The zero-order valence-corrected chi connectivity index (χ0v) is 12.5. The highest BCUT2D eigenvalue weighted by atomic mass is 16.5. The fourth-order valence-corrected chi connectivity index (χ4v) is 2.65. The van der Waals surface area contributed by atoms with Gasteiger partial charge in [-0.25, -0.2) is 0 Å². The monoisotopic (exact) mass is 248 g/mol. The Bertz CT molecular complexity index is 343. The fraction of sp³-hybridized carbons (Fsp3) is 0.647. The lowest BCUT2D eigenvalue weighted by Crippen LogP contribution is -2.05. The SMILES string of the molecule is CCCCC(CCC)Cc1ccc(OC)c(C)c1. The van der Waals surface area contributed by atoms with Crippen molar-refractivity contribution in [2.24, 2.45) is 5.92 Å². The van der Waals surface area contributed by atoms with Crippen molar-refractivity contribution in [3.63, 3.8) is 0 Å². The molecule has 0 aromatic heterocycles. The summed E-state index contributed by atoms with van der Waals surface area (Å²) in [6.45, 7) is 6.70. The molecule has 0 saturated carbocycles. The Hall–Kier alpha value is -0.980. The highest BCUT2D eigenvalue weighted by molar-refractivity contribution is 5.36. The van der Waals surface area contributed by atoms with Crippen LogP contribution in [-0.2, 0) is 6.42 Å². The average Bonchev–Trinajstić information content (AvgIpc) is 2.36. The minimum absolute atomic E-state index is 0.850. The lowest BCUT2D eigenvalue weighted by atomic mass is 9.90. The first-order valence-corrected chi connectivity index (χ1v) is 7.34. The van der Waals surface area contributed by atoms with Gasteiger partial charge in [0, 0.05) is 0 Å². The van der Waals surface area contributed by atoms with Crippen molar-refractivity contribution in [1.29, 1.82) is 0 Å². The van der Waals surface area contributed by atoms with Crippen LogP contribution in [0.3, 0.4) is 0 Å². The summed E-state index contributed by atoms with van der Waals surface area (Å²) in [6.07, 6.45) is 7.91. The van der Waals surface area contributed by atoms with Crippen molar-refractivity contribution < 1.29 is 4.74 Å². The quantitative estimate of drug-likeness (QED) is 0.618. The maximum absolute atomic E-state index is 5.32. The lowest BCUT2D eigenvalue weighted by molar-refractivity contribution is 0.409. The zero-order chi connectivity index (χ0) is 13.4. The minimum atomic E-state index is 0.850. The second-order valence-corrected chi connectivity index (χ2v) is 5.31. The van der Waals surface area contributed by atoms with E-state index >= 15 is 0 Å². The smallest absolute Gasteiger partial charge is 0.121 e. The largest absolute Gasteiger partial charge is 0.496 e. The molecule has 0 saturated heterocycles. The Morgan fingerprint density at radius 2 is 1.89 bits per heavy atom. The van der Waals surface area contributed by atoms with E-state index in [4.69, 9.17) is 4.74 Å². The number of ether oxygens (including phenoxy) is 1. The normalized spacial score (nSPS) is 12.4. The fourth-order valence-electron chi connectivity index (χ4n) is 2.65. The molecule has 0 aliphatic carbocycles. The molecule has 0 aliphatic heterocycles. The van der Waals surface area contributed by atoms with Crippen LogP contribution in [0.1, 0.15) is 57.1 Å². The Labute approximate surface area is 113 Å². The standard InChI is InChI=1S/C17H28O/c1-5-7-9-15(8-6-2)13-16-10-11-17(18-4)14(3)12-16/h10-12,15H,5-9,13H2,1-4H3. The van der Waals surface area contributed by atoms with Gasteiger partial charge in [-0.3, -0.25) is 0 Å². The summed E-state index contributed by atoms with van der Waals surface area (Å²) in [5, 5.41) is 0. The van der Waals surface area contributed by atoms with Gasteiger partial charge in [0.25, 0.3) is 0 Å². The van der Waals surface area contributed by atoms with Crippen molar-refractivity contribution in [2.75, 3.05) is 7.11 Å². The molecule has 0 amide bonds. The molecule has 0 heterocycles. The van der Waals surface area contributed by atoms with E-state index < -0.39 is 0 Å². The molecule has 1 aromatic rings. The van der Waals surface area contributed by atoms with Gasteiger partial charge in [-0.1, -0.05) is 58.1 Å². The summed E-state index contributed by atoms with van der Waals surface area (Å²) in [7, 11) is 1.74. The van der Waals surface area contributed by atoms with E-state index in [9.17, 15) is 0 Å². The van der Waals surface area contributed by atoms with Crippen molar-refractivity contribution in [1.82, 2.24) is 0 Å². The molecule has 0 radical (unpaired) electrons. The van der Waals surface area contributed by atoms with Crippen LogP contribution in [-0.4, -0.2) is 7.11 Å². The Kier molecular flexibility index (Phi) is 6.85. The predicted octanol–water partition coefficient (Wildman–Crippen LogP) is 5.15. The Balaban J connectivity index is 2.64. The second-order valence-electron chi connectivity index (χ2n) is 5.31. The molecular formula is C17H28O. The zero-order valence-electron chi connectivity index (χ0n) is 12.5. The number of hydrogen-bond acceptors (Lipinski definition) is 1. The molecule has 0 bridgehead atoms. The van der Waals surface area contributed by atoms with Crippen molar-refractivity contribution >= 4 is 0 Å². The van der Waals surface area contributed by atoms with Crippen LogP contribution in [0.25, 0.3) is 0 Å². The third-order valence-corrected chi connectivity index (χ3v) is 3.65. The van der Waals surface area contributed by atoms with Gasteiger partial charge < -0.3 is 4.74 Å². The summed E-state index contributed by atoms with van der Waals surface area (Å²) in [6, 6.07) is 6.61. The number of unbranched alkanes of at least 4 members (excludes halogenated alkanes) is 1. The van der Waals surface area contributed by atoms with E-state index in [1.54, 1.807) is 7.11 Å². The van der Waals surface area contributed by atoms with E-state index in [2.05, 4.69) is 39.0 Å². The maximum atomic E-state index is 5.32. The molecule has 1 unspecified atom stereocenters. The van der Waals surface area contributed by atoms with Crippen molar-refractivity contribution in [2.45, 2.75) is 59.3 Å². The van der Waals surface area contributed by atoms with Crippen LogP contribution in [0.15, 0.2) is 18.2 Å². The molecule has 102 valence electrons. The molecule has 1 aromatic carbocycles. The first kappa shape index (κ1) is 15.1. The van der Waals surface area contributed by atoms with Gasteiger partial charge in [-0.2, -0.15) is 0 Å². The number of hydrogen-bond donors (Lipinski definition) is 0. The van der Waals surface area contributed by atoms with Gasteiger partial charge in [0.15, 0.2) is 0 Å². The number of aryl methyl sites for hydroxylation is 1. The van der Waals surface area contributed by atoms with E-state index in [-0.39, 0.29) is 0 Å². The molecule has 0 spiro atoms. The number of methoxy groups -OCH3 is 1. The summed E-state index contributed by atoms with van der Waals surface area (Å²) in [4.78, 5) is 0. The number of rotatable bonds is 8. The third kappa shape index (κ3) is 4.72. The van der Waals surface area contributed by atoms with Crippen LogP contribution >= 0.6 is 0 Å². The van der Waals surface area contributed by atoms with Crippen LogP contribution in [0.2, 0.25) is 0 Å².